The first-order valence-electron chi connectivity index (χ1n) is 3.99. The molecule has 0 radical (unpaired) electrons. The molecule has 1 heterocycles. The van der Waals surface area contributed by atoms with E-state index in [2.05, 4.69) is 9.97 Å². The van der Waals surface area contributed by atoms with Gasteiger partial charge in [0.25, 0.3) is 5.56 Å². The van der Waals surface area contributed by atoms with Gasteiger partial charge in [-0.25, -0.2) is 9.37 Å². The van der Waals surface area contributed by atoms with Crippen LogP contribution in [-0.2, 0) is 6.61 Å². The zero-order valence-corrected chi connectivity index (χ0v) is 7.12. The minimum absolute atomic E-state index is 0.0659. The maximum Gasteiger partial charge on any atom is 0.266 e. The van der Waals surface area contributed by atoms with Crippen molar-refractivity contribution in [2.45, 2.75) is 6.61 Å². The Balaban J connectivity index is 2.84. The van der Waals surface area contributed by atoms with Gasteiger partial charge in [-0.2, -0.15) is 0 Å². The lowest BCUT2D eigenvalue weighted by molar-refractivity contribution is 0.276. The summed E-state index contributed by atoms with van der Waals surface area (Å²) in [6.07, 6.45) is 1.01. The molecule has 0 aliphatic heterocycles. The molecule has 0 spiro atoms. The van der Waals surface area contributed by atoms with Gasteiger partial charge in [-0.1, -0.05) is 6.07 Å². The molecule has 0 unspecified atom stereocenters. The molecule has 14 heavy (non-hydrogen) atoms. The fourth-order valence-electron chi connectivity index (χ4n) is 1.24. The summed E-state index contributed by atoms with van der Waals surface area (Å²) < 4.78 is 13.5. The first kappa shape index (κ1) is 8.83. The second-order valence-corrected chi connectivity index (χ2v) is 2.84. The van der Waals surface area contributed by atoms with Crippen LogP contribution >= 0.6 is 0 Å². The molecular weight excluding hydrogens is 187 g/mol. The van der Waals surface area contributed by atoms with E-state index in [1.54, 1.807) is 0 Å². The normalized spacial score (nSPS) is 10.7. The Morgan fingerprint density at radius 3 is 3.00 bits per heavy atom. The van der Waals surface area contributed by atoms with Crippen LogP contribution < -0.4 is 5.56 Å². The molecule has 0 bridgehead atoms. The summed E-state index contributed by atoms with van der Waals surface area (Å²) in [4.78, 5) is 17.0. The zero-order chi connectivity index (χ0) is 10.1. The van der Waals surface area contributed by atoms with Crippen LogP contribution in [0, 0.1) is 5.82 Å². The smallest absolute Gasteiger partial charge is 0.266 e. The van der Waals surface area contributed by atoms with Crippen molar-refractivity contribution >= 4 is 11.0 Å². The molecule has 2 rings (SSSR count). The number of halogens is 1. The van der Waals surface area contributed by atoms with E-state index in [-0.39, 0.29) is 23.2 Å². The van der Waals surface area contributed by atoms with E-state index in [0.29, 0.717) is 5.52 Å². The average molecular weight is 194 g/mol. The Kier molecular flexibility index (Phi) is 2.01. The predicted octanol–water partition coefficient (Wildman–Crippen LogP) is 0.554. The number of aliphatic hydroxyl groups excluding tert-OH is 1. The standard InChI is InChI=1S/C9H7FN2O2/c10-8-5(4-13)1-2-6-9(8)11-3-7(14)12-6/h1-3,13H,4H2,(H,12,14). The van der Waals surface area contributed by atoms with Crippen molar-refractivity contribution in [3.63, 3.8) is 0 Å². The molecule has 5 heteroatoms. The van der Waals surface area contributed by atoms with Gasteiger partial charge in [-0.15, -0.1) is 0 Å². The monoisotopic (exact) mass is 194 g/mol. The molecule has 2 aromatic rings. The molecule has 72 valence electrons. The third kappa shape index (κ3) is 1.27. The third-order valence-electron chi connectivity index (χ3n) is 1.94. The summed E-state index contributed by atoms with van der Waals surface area (Å²) >= 11 is 0. The molecule has 1 aromatic carbocycles. The van der Waals surface area contributed by atoms with Crippen molar-refractivity contribution < 1.29 is 9.50 Å². The maximum atomic E-state index is 13.5. The van der Waals surface area contributed by atoms with Gasteiger partial charge in [0.1, 0.15) is 5.52 Å². The largest absolute Gasteiger partial charge is 0.392 e. The number of fused-ring (bicyclic) bond motifs is 1. The fraction of sp³-hybridized carbons (Fsp3) is 0.111. The predicted molar refractivity (Wildman–Crippen MR) is 48.2 cm³/mol. The van der Waals surface area contributed by atoms with Crippen LogP contribution in [0.5, 0.6) is 0 Å². The number of nitrogens with one attached hydrogen (secondary N) is 1. The number of aromatic nitrogens is 2. The number of benzene rings is 1. The Bertz CT molecular complexity index is 536. The van der Waals surface area contributed by atoms with Crippen LogP contribution in [0.4, 0.5) is 4.39 Å². The highest BCUT2D eigenvalue weighted by atomic mass is 19.1. The Morgan fingerprint density at radius 2 is 2.29 bits per heavy atom. The van der Waals surface area contributed by atoms with E-state index in [9.17, 15) is 9.18 Å². The van der Waals surface area contributed by atoms with E-state index in [1.807, 2.05) is 0 Å². The summed E-state index contributed by atoms with van der Waals surface area (Å²) in [5.41, 5.74) is 0.175. The van der Waals surface area contributed by atoms with Crippen molar-refractivity contribution in [2.75, 3.05) is 0 Å². The second-order valence-electron chi connectivity index (χ2n) is 2.84. The molecule has 1 aromatic heterocycles. The summed E-state index contributed by atoms with van der Waals surface area (Å²) in [6.45, 7) is -0.386. The van der Waals surface area contributed by atoms with Gasteiger partial charge in [0.05, 0.1) is 18.3 Å². The van der Waals surface area contributed by atoms with Crippen molar-refractivity contribution in [3.8, 4) is 0 Å². The second kappa shape index (κ2) is 3.19. The summed E-state index contributed by atoms with van der Waals surface area (Å²) in [5.74, 6) is -0.596. The Labute approximate surface area is 78.0 Å². The van der Waals surface area contributed by atoms with E-state index in [1.165, 1.54) is 12.1 Å². The third-order valence-corrected chi connectivity index (χ3v) is 1.94. The summed E-state index contributed by atoms with van der Waals surface area (Å²) in [7, 11) is 0. The number of nitrogens with zero attached hydrogens (tertiary/aromatic N) is 1. The lowest BCUT2D eigenvalue weighted by Gasteiger charge is -2.01. The SMILES string of the molecule is O=c1cnc2c(F)c(CO)ccc2[nH]1. The quantitative estimate of drug-likeness (QED) is 0.696. The van der Waals surface area contributed by atoms with Crippen molar-refractivity contribution in [2.24, 2.45) is 0 Å². The van der Waals surface area contributed by atoms with Crippen LogP contribution in [0.25, 0.3) is 11.0 Å². The molecule has 0 aliphatic rings. The highest BCUT2D eigenvalue weighted by molar-refractivity contribution is 5.75. The molecule has 2 N–H and O–H groups in total. The molecule has 4 nitrogen and oxygen atoms in total. The minimum atomic E-state index is -0.596. The highest BCUT2D eigenvalue weighted by Crippen LogP contribution is 2.15. The summed E-state index contributed by atoms with van der Waals surface area (Å²) in [6, 6.07) is 2.92. The van der Waals surface area contributed by atoms with Crippen molar-refractivity contribution in [1.29, 1.82) is 0 Å². The van der Waals surface area contributed by atoms with Crippen molar-refractivity contribution in [3.05, 3.63) is 40.1 Å². The fourth-order valence-corrected chi connectivity index (χ4v) is 1.24. The molecule has 0 saturated heterocycles. The van der Waals surface area contributed by atoms with Gasteiger partial charge in [0.15, 0.2) is 5.82 Å². The number of rotatable bonds is 1. The first-order chi connectivity index (χ1) is 6.72. The van der Waals surface area contributed by atoms with E-state index in [0.717, 1.165) is 6.20 Å². The minimum Gasteiger partial charge on any atom is -0.392 e. The molecule has 0 atom stereocenters. The number of hydrogen-bond donors (Lipinski definition) is 2. The van der Waals surface area contributed by atoms with Gasteiger partial charge in [-0.3, -0.25) is 4.79 Å². The summed E-state index contributed by atoms with van der Waals surface area (Å²) in [5, 5.41) is 8.79. The van der Waals surface area contributed by atoms with Gasteiger partial charge in [-0.05, 0) is 6.07 Å². The molecule has 0 aliphatic carbocycles. The number of H-pyrrole nitrogens is 1. The first-order valence-corrected chi connectivity index (χ1v) is 3.99. The average Bonchev–Trinajstić information content (AvgIpc) is 2.18. The molecular formula is C9H7FN2O2. The highest BCUT2D eigenvalue weighted by Gasteiger charge is 2.07. The van der Waals surface area contributed by atoms with Crippen LogP contribution in [0.15, 0.2) is 23.1 Å². The van der Waals surface area contributed by atoms with Crippen LogP contribution in [0.1, 0.15) is 5.56 Å². The van der Waals surface area contributed by atoms with Crippen LogP contribution in [0.2, 0.25) is 0 Å². The molecule has 0 amide bonds. The number of hydrogen-bond acceptors (Lipinski definition) is 3. The zero-order valence-electron chi connectivity index (χ0n) is 7.12. The number of aliphatic hydroxyl groups is 1. The molecule has 0 saturated carbocycles. The van der Waals surface area contributed by atoms with Crippen LogP contribution in [-0.4, -0.2) is 15.1 Å². The van der Waals surface area contributed by atoms with Gasteiger partial charge < -0.3 is 10.1 Å². The Hall–Kier alpha value is -1.75. The van der Waals surface area contributed by atoms with E-state index >= 15 is 0 Å². The van der Waals surface area contributed by atoms with Gasteiger partial charge >= 0.3 is 0 Å². The lowest BCUT2D eigenvalue weighted by Crippen LogP contribution is -2.06. The topological polar surface area (TPSA) is 66.0 Å². The Morgan fingerprint density at radius 1 is 1.50 bits per heavy atom. The van der Waals surface area contributed by atoms with Crippen LogP contribution in [0.3, 0.4) is 0 Å². The van der Waals surface area contributed by atoms with Crippen molar-refractivity contribution in [1.82, 2.24) is 9.97 Å². The van der Waals surface area contributed by atoms with Gasteiger partial charge in [0, 0.05) is 5.56 Å². The lowest BCUT2D eigenvalue weighted by atomic mass is 10.2. The van der Waals surface area contributed by atoms with Gasteiger partial charge in [0.2, 0.25) is 0 Å². The molecule has 0 fully saturated rings. The van der Waals surface area contributed by atoms with E-state index in [4.69, 9.17) is 5.11 Å². The maximum absolute atomic E-state index is 13.5. The van der Waals surface area contributed by atoms with E-state index < -0.39 is 5.82 Å². The number of aromatic amines is 1.